The molecule has 0 N–H and O–H groups in total. The number of fused-ring (bicyclic) bond motifs is 1. The number of hydrogen-bond acceptors (Lipinski definition) is 6. The number of ether oxygens (including phenoxy) is 1. The van der Waals surface area contributed by atoms with E-state index in [1.165, 1.54) is 4.68 Å². The molecule has 2 aromatic heterocycles. The van der Waals surface area contributed by atoms with Crippen LogP contribution in [0.3, 0.4) is 0 Å². The summed E-state index contributed by atoms with van der Waals surface area (Å²) >= 11 is 0. The van der Waals surface area contributed by atoms with Crippen LogP contribution in [-0.4, -0.2) is 42.9 Å². The van der Waals surface area contributed by atoms with E-state index in [0.29, 0.717) is 24.8 Å². The Morgan fingerprint density at radius 3 is 2.89 bits per heavy atom. The average Bonchev–Trinajstić information content (AvgIpc) is 3.42. The van der Waals surface area contributed by atoms with Gasteiger partial charge in [-0.05, 0) is 36.8 Å². The fourth-order valence-electron chi connectivity index (χ4n) is 4.13. The predicted molar refractivity (Wildman–Crippen MR) is 97.1 cm³/mol. The molecule has 1 atom stereocenters. The highest BCUT2D eigenvalue weighted by atomic mass is 16.5. The third-order valence-corrected chi connectivity index (χ3v) is 5.82. The summed E-state index contributed by atoms with van der Waals surface area (Å²) in [7, 11) is 0. The maximum atomic E-state index is 12.7. The molecule has 0 radical (unpaired) electrons. The Morgan fingerprint density at radius 2 is 2.11 bits per heavy atom. The van der Waals surface area contributed by atoms with Crippen LogP contribution in [0.5, 0.6) is 0 Å². The summed E-state index contributed by atoms with van der Waals surface area (Å²) in [6.45, 7) is 3.66. The summed E-state index contributed by atoms with van der Waals surface area (Å²) < 4.78 is 9.08. The van der Waals surface area contributed by atoms with Crippen LogP contribution in [0.4, 0.5) is 0 Å². The standard InChI is InChI=1S/C19H23N5O3/c25-17-18(26)24(10-14-3-4-14)21-16-11-27-19(13-23(16)17)5-7-22(12-19)9-15-2-1-6-20-8-15/h1-2,6,8,14H,3-5,7,9-13H2. The highest BCUT2D eigenvalue weighted by Gasteiger charge is 2.43. The molecule has 1 unspecified atom stereocenters. The molecule has 1 aliphatic carbocycles. The second-order valence-corrected chi connectivity index (χ2v) is 8.03. The van der Waals surface area contributed by atoms with Gasteiger partial charge in [0.25, 0.3) is 0 Å². The Hall–Kier alpha value is -2.32. The van der Waals surface area contributed by atoms with Crippen molar-refractivity contribution in [3.8, 4) is 0 Å². The van der Waals surface area contributed by atoms with E-state index >= 15 is 0 Å². The third-order valence-electron chi connectivity index (χ3n) is 5.82. The molecule has 1 saturated heterocycles. The zero-order valence-corrected chi connectivity index (χ0v) is 15.2. The van der Waals surface area contributed by atoms with Gasteiger partial charge in [0.05, 0.1) is 6.54 Å². The van der Waals surface area contributed by atoms with Gasteiger partial charge in [-0.3, -0.25) is 24.0 Å². The van der Waals surface area contributed by atoms with Gasteiger partial charge in [0.2, 0.25) is 0 Å². The molecule has 2 fully saturated rings. The van der Waals surface area contributed by atoms with E-state index in [9.17, 15) is 9.59 Å². The van der Waals surface area contributed by atoms with Crippen LogP contribution < -0.4 is 11.1 Å². The molecule has 1 spiro atoms. The monoisotopic (exact) mass is 369 g/mol. The Kier molecular flexibility index (Phi) is 3.98. The van der Waals surface area contributed by atoms with E-state index in [1.54, 1.807) is 10.8 Å². The number of rotatable bonds is 4. The molecule has 4 heterocycles. The molecule has 8 heteroatoms. The number of pyridine rings is 1. The van der Waals surface area contributed by atoms with Gasteiger partial charge in [-0.15, -0.1) is 0 Å². The van der Waals surface area contributed by atoms with Crippen molar-refractivity contribution in [3.05, 3.63) is 56.6 Å². The minimum atomic E-state index is -0.507. The molecule has 0 amide bonds. The van der Waals surface area contributed by atoms with Crippen LogP contribution >= 0.6 is 0 Å². The first-order valence-corrected chi connectivity index (χ1v) is 9.58. The molecular weight excluding hydrogens is 346 g/mol. The zero-order valence-electron chi connectivity index (χ0n) is 15.2. The van der Waals surface area contributed by atoms with Gasteiger partial charge in [-0.1, -0.05) is 6.07 Å². The van der Waals surface area contributed by atoms with Crippen molar-refractivity contribution in [1.82, 2.24) is 24.2 Å². The van der Waals surface area contributed by atoms with Crippen molar-refractivity contribution in [1.29, 1.82) is 0 Å². The maximum Gasteiger partial charge on any atom is 0.332 e. The minimum absolute atomic E-state index is 0.279. The summed E-state index contributed by atoms with van der Waals surface area (Å²) in [4.78, 5) is 31.6. The zero-order chi connectivity index (χ0) is 18.4. The molecule has 27 heavy (non-hydrogen) atoms. The second-order valence-electron chi connectivity index (χ2n) is 8.03. The lowest BCUT2D eigenvalue weighted by molar-refractivity contribution is -0.0859. The van der Waals surface area contributed by atoms with Crippen molar-refractivity contribution >= 4 is 0 Å². The number of aromatic nitrogens is 4. The first kappa shape index (κ1) is 16.8. The quantitative estimate of drug-likeness (QED) is 0.725. The lowest BCUT2D eigenvalue weighted by Crippen LogP contribution is -2.53. The van der Waals surface area contributed by atoms with Crippen LogP contribution in [0, 0.1) is 5.92 Å². The van der Waals surface area contributed by atoms with Crippen LogP contribution in [0.25, 0.3) is 0 Å². The summed E-state index contributed by atoms with van der Waals surface area (Å²) in [6.07, 6.45) is 6.70. The Labute approximate surface area is 156 Å². The minimum Gasteiger partial charge on any atom is -0.364 e. The van der Waals surface area contributed by atoms with E-state index in [-0.39, 0.29) is 6.61 Å². The summed E-state index contributed by atoms with van der Waals surface area (Å²) in [5, 5.41) is 4.42. The summed E-state index contributed by atoms with van der Waals surface area (Å²) in [6, 6.07) is 4.00. The highest BCUT2D eigenvalue weighted by Crippen LogP contribution is 2.32. The van der Waals surface area contributed by atoms with Gasteiger partial charge < -0.3 is 4.74 Å². The molecule has 8 nitrogen and oxygen atoms in total. The van der Waals surface area contributed by atoms with Gasteiger partial charge in [-0.25, -0.2) is 4.68 Å². The normalized spacial score (nSPS) is 25.0. The third kappa shape index (κ3) is 3.23. The number of likely N-dealkylation sites (tertiary alicyclic amines) is 1. The predicted octanol–water partition coefficient (Wildman–Crippen LogP) is 0.385. The van der Waals surface area contributed by atoms with Crippen LogP contribution in [-0.2, 0) is 31.0 Å². The fraction of sp³-hybridized carbons (Fsp3) is 0.579. The van der Waals surface area contributed by atoms with E-state index in [0.717, 1.165) is 44.5 Å². The lowest BCUT2D eigenvalue weighted by atomic mass is 10.0. The van der Waals surface area contributed by atoms with E-state index in [1.807, 2.05) is 12.3 Å². The van der Waals surface area contributed by atoms with Crippen LogP contribution in [0.2, 0.25) is 0 Å². The molecule has 1 saturated carbocycles. The van der Waals surface area contributed by atoms with E-state index in [2.05, 4.69) is 21.0 Å². The molecule has 5 rings (SSSR count). The highest BCUT2D eigenvalue weighted by molar-refractivity contribution is 5.10. The van der Waals surface area contributed by atoms with Gasteiger partial charge in [0, 0.05) is 38.6 Å². The van der Waals surface area contributed by atoms with Crippen molar-refractivity contribution in [3.63, 3.8) is 0 Å². The molecule has 142 valence electrons. The summed E-state index contributed by atoms with van der Waals surface area (Å²) in [5.41, 5.74) is -0.231. The molecule has 2 aromatic rings. The molecule has 2 aliphatic heterocycles. The summed E-state index contributed by atoms with van der Waals surface area (Å²) in [5.74, 6) is 1.06. The van der Waals surface area contributed by atoms with Crippen molar-refractivity contribution in [2.75, 3.05) is 13.1 Å². The van der Waals surface area contributed by atoms with Gasteiger partial charge in [0.15, 0.2) is 5.82 Å². The number of hydrogen-bond donors (Lipinski definition) is 0. The molecule has 3 aliphatic rings. The Balaban J connectivity index is 1.36. The topological polar surface area (TPSA) is 82.2 Å². The first-order chi connectivity index (χ1) is 13.1. The fourth-order valence-corrected chi connectivity index (χ4v) is 4.13. The van der Waals surface area contributed by atoms with Crippen LogP contribution in [0.1, 0.15) is 30.7 Å². The SMILES string of the molecule is O=c1c(=O)n2c(nn1CC1CC1)COC1(CCN(Cc3cccnc3)C1)C2. The smallest absolute Gasteiger partial charge is 0.332 e. The molecular formula is C19H23N5O3. The van der Waals surface area contributed by atoms with E-state index in [4.69, 9.17) is 4.74 Å². The van der Waals surface area contributed by atoms with Gasteiger partial charge >= 0.3 is 11.1 Å². The van der Waals surface area contributed by atoms with Crippen molar-refractivity contribution in [2.24, 2.45) is 5.92 Å². The molecule has 0 aromatic carbocycles. The maximum absolute atomic E-state index is 12.7. The second kappa shape index (κ2) is 6.38. The van der Waals surface area contributed by atoms with Gasteiger partial charge in [0.1, 0.15) is 12.2 Å². The number of nitrogens with zero attached hydrogens (tertiary/aromatic N) is 5. The van der Waals surface area contributed by atoms with Crippen LogP contribution in [0.15, 0.2) is 34.1 Å². The Bertz CT molecular complexity index is 966. The Morgan fingerprint density at radius 1 is 1.22 bits per heavy atom. The van der Waals surface area contributed by atoms with Crippen molar-refractivity contribution < 1.29 is 4.74 Å². The van der Waals surface area contributed by atoms with Gasteiger partial charge in [-0.2, -0.15) is 5.10 Å². The average molecular weight is 369 g/mol. The van der Waals surface area contributed by atoms with E-state index < -0.39 is 16.7 Å². The van der Waals surface area contributed by atoms with Crippen molar-refractivity contribution in [2.45, 2.75) is 51.1 Å². The lowest BCUT2D eigenvalue weighted by Gasteiger charge is -2.35. The first-order valence-electron chi connectivity index (χ1n) is 9.58. The molecule has 0 bridgehead atoms. The largest absolute Gasteiger partial charge is 0.364 e.